The zero-order valence-electron chi connectivity index (χ0n) is 11.7. The highest BCUT2D eigenvalue weighted by molar-refractivity contribution is 9.10. The molecule has 21 heavy (non-hydrogen) atoms. The summed E-state index contributed by atoms with van der Waals surface area (Å²) >= 11 is 3.48. The normalized spacial score (nSPS) is 16.8. The van der Waals surface area contributed by atoms with E-state index in [-0.39, 0.29) is 11.8 Å². The van der Waals surface area contributed by atoms with Gasteiger partial charge in [-0.3, -0.25) is 4.79 Å². The van der Waals surface area contributed by atoms with Gasteiger partial charge in [0.25, 0.3) is 0 Å². The number of benzene rings is 2. The topological polar surface area (TPSA) is 38.3 Å². The summed E-state index contributed by atoms with van der Waals surface area (Å²) in [7, 11) is 0. The van der Waals surface area contributed by atoms with Gasteiger partial charge >= 0.3 is 0 Å². The number of halogens is 1. The van der Waals surface area contributed by atoms with Gasteiger partial charge in [0.1, 0.15) is 5.75 Å². The van der Waals surface area contributed by atoms with Crippen LogP contribution in [0, 0.1) is 6.92 Å². The Bertz CT molecular complexity index is 684. The van der Waals surface area contributed by atoms with Gasteiger partial charge in [0.15, 0.2) is 0 Å². The Morgan fingerprint density at radius 2 is 2.10 bits per heavy atom. The summed E-state index contributed by atoms with van der Waals surface area (Å²) in [6.45, 7) is 2.58. The van der Waals surface area contributed by atoms with Crippen LogP contribution in [0.5, 0.6) is 5.75 Å². The molecule has 1 atom stereocenters. The van der Waals surface area contributed by atoms with Crippen molar-refractivity contribution >= 4 is 27.5 Å². The molecule has 0 radical (unpaired) electrons. The highest BCUT2D eigenvalue weighted by Crippen LogP contribution is 2.34. The molecule has 1 aliphatic rings. The van der Waals surface area contributed by atoms with E-state index >= 15 is 0 Å². The molecule has 1 amide bonds. The number of nitrogens with one attached hydrogen (secondary N) is 1. The molecule has 108 valence electrons. The fraction of sp³-hybridized carbons (Fsp3) is 0.235. The van der Waals surface area contributed by atoms with E-state index in [4.69, 9.17) is 4.74 Å². The average molecular weight is 346 g/mol. The maximum atomic E-state index is 12.6. The number of aryl methyl sites for hydroxylation is 1. The first kappa shape index (κ1) is 14.1. The standard InChI is InChI=1S/C17H16BrNO2/c1-11-6-7-14(18)15(10-11)19-17(20)13-8-9-21-16-5-3-2-4-12(13)16/h2-7,10,13H,8-9H2,1H3,(H,19,20). The molecule has 0 bridgehead atoms. The molecule has 0 aromatic heterocycles. The quantitative estimate of drug-likeness (QED) is 0.882. The third-order valence-corrected chi connectivity index (χ3v) is 4.35. The van der Waals surface area contributed by atoms with Crippen LogP contribution in [0.3, 0.4) is 0 Å². The van der Waals surface area contributed by atoms with Crippen LogP contribution in [0.25, 0.3) is 0 Å². The van der Waals surface area contributed by atoms with E-state index in [1.165, 1.54) is 0 Å². The smallest absolute Gasteiger partial charge is 0.232 e. The minimum absolute atomic E-state index is 0.0112. The third kappa shape index (κ3) is 2.95. The fourth-order valence-corrected chi connectivity index (χ4v) is 2.91. The van der Waals surface area contributed by atoms with Gasteiger partial charge in [-0.2, -0.15) is 0 Å². The summed E-state index contributed by atoms with van der Waals surface area (Å²) in [6.07, 6.45) is 0.701. The molecule has 1 N–H and O–H groups in total. The van der Waals surface area contributed by atoms with E-state index in [9.17, 15) is 4.79 Å². The number of hydrogen-bond donors (Lipinski definition) is 1. The molecule has 0 fully saturated rings. The molecule has 1 aliphatic heterocycles. The van der Waals surface area contributed by atoms with Crippen LogP contribution in [0.4, 0.5) is 5.69 Å². The first-order valence-corrected chi connectivity index (χ1v) is 7.73. The van der Waals surface area contributed by atoms with Crippen LogP contribution in [0.2, 0.25) is 0 Å². The minimum Gasteiger partial charge on any atom is -0.493 e. The maximum Gasteiger partial charge on any atom is 0.232 e. The van der Waals surface area contributed by atoms with Crippen LogP contribution in [0.15, 0.2) is 46.9 Å². The van der Waals surface area contributed by atoms with Crippen LogP contribution >= 0.6 is 15.9 Å². The second-order valence-corrected chi connectivity index (χ2v) is 6.05. The Morgan fingerprint density at radius 3 is 2.95 bits per heavy atom. The predicted octanol–water partition coefficient (Wildman–Crippen LogP) is 4.26. The highest BCUT2D eigenvalue weighted by Gasteiger charge is 2.27. The Labute approximate surface area is 132 Å². The highest BCUT2D eigenvalue weighted by atomic mass is 79.9. The van der Waals surface area contributed by atoms with E-state index in [1.807, 2.05) is 49.4 Å². The number of ether oxygens (including phenoxy) is 1. The molecule has 1 heterocycles. The second-order valence-electron chi connectivity index (χ2n) is 5.20. The van der Waals surface area contributed by atoms with Crippen molar-refractivity contribution in [1.82, 2.24) is 0 Å². The van der Waals surface area contributed by atoms with Gasteiger partial charge in [0.2, 0.25) is 5.91 Å². The lowest BCUT2D eigenvalue weighted by Crippen LogP contribution is -2.26. The molecular weight excluding hydrogens is 330 g/mol. The summed E-state index contributed by atoms with van der Waals surface area (Å²) in [5, 5.41) is 3.02. The average Bonchev–Trinajstić information content (AvgIpc) is 2.50. The van der Waals surface area contributed by atoms with Gasteiger partial charge in [-0.15, -0.1) is 0 Å². The lowest BCUT2D eigenvalue weighted by molar-refractivity contribution is -0.118. The molecule has 0 saturated carbocycles. The molecule has 3 nitrogen and oxygen atoms in total. The molecule has 4 heteroatoms. The maximum absolute atomic E-state index is 12.6. The second kappa shape index (κ2) is 5.90. The van der Waals surface area contributed by atoms with Crippen molar-refractivity contribution in [1.29, 1.82) is 0 Å². The summed E-state index contributed by atoms with van der Waals surface area (Å²) in [5.41, 5.74) is 2.88. The van der Waals surface area contributed by atoms with Crippen LogP contribution < -0.4 is 10.1 Å². The number of carbonyl (C=O) groups is 1. The molecule has 2 aromatic carbocycles. The number of fused-ring (bicyclic) bond motifs is 1. The molecule has 3 rings (SSSR count). The van der Waals surface area contributed by atoms with Gasteiger partial charge in [-0.05, 0) is 53.0 Å². The molecular formula is C17H16BrNO2. The summed E-state index contributed by atoms with van der Waals surface area (Å²) < 4.78 is 6.50. The minimum atomic E-state index is -0.164. The van der Waals surface area contributed by atoms with Gasteiger partial charge in [0.05, 0.1) is 18.2 Å². The SMILES string of the molecule is Cc1ccc(Br)c(NC(=O)C2CCOc3ccccc32)c1. The Kier molecular flexibility index (Phi) is 3.97. The van der Waals surface area contributed by atoms with Gasteiger partial charge < -0.3 is 10.1 Å². The van der Waals surface area contributed by atoms with Crippen molar-refractivity contribution in [2.45, 2.75) is 19.3 Å². The summed E-state index contributed by atoms with van der Waals surface area (Å²) in [6, 6.07) is 13.7. The van der Waals surface area contributed by atoms with Crippen molar-refractivity contribution in [2.24, 2.45) is 0 Å². The number of para-hydroxylation sites is 1. The van der Waals surface area contributed by atoms with Crippen molar-refractivity contribution in [2.75, 3.05) is 11.9 Å². The molecule has 0 spiro atoms. The Morgan fingerprint density at radius 1 is 1.29 bits per heavy atom. The zero-order chi connectivity index (χ0) is 14.8. The molecule has 2 aromatic rings. The fourth-order valence-electron chi connectivity index (χ4n) is 2.57. The monoisotopic (exact) mass is 345 g/mol. The number of amides is 1. The van der Waals surface area contributed by atoms with Crippen molar-refractivity contribution in [3.63, 3.8) is 0 Å². The van der Waals surface area contributed by atoms with Crippen LogP contribution in [-0.4, -0.2) is 12.5 Å². The van der Waals surface area contributed by atoms with Gasteiger partial charge in [0, 0.05) is 10.0 Å². The predicted molar refractivity (Wildman–Crippen MR) is 86.8 cm³/mol. The number of carbonyl (C=O) groups excluding carboxylic acids is 1. The number of hydrogen-bond acceptors (Lipinski definition) is 2. The van der Waals surface area contributed by atoms with Gasteiger partial charge in [-0.25, -0.2) is 0 Å². The largest absolute Gasteiger partial charge is 0.493 e. The Balaban J connectivity index is 1.85. The summed E-state index contributed by atoms with van der Waals surface area (Å²) in [5.74, 6) is 0.659. The van der Waals surface area contributed by atoms with E-state index in [0.717, 1.165) is 27.0 Å². The van der Waals surface area contributed by atoms with Crippen molar-refractivity contribution in [3.05, 3.63) is 58.1 Å². The number of rotatable bonds is 2. The first-order chi connectivity index (χ1) is 10.1. The third-order valence-electron chi connectivity index (χ3n) is 3.65. The first-order valence-electron chi connectivity index (χ1n) is 6.94. The lowest BCUT2D eigenvalue weighted by atomic mass is 9.92. The van der Waals surface area contributed by atoms with Crippen molar-refractivity contribution < 1.29 is 9.53 Å². The lowest BCUT2D eigenvalue weighted by Gasteiger charge is -2.25. The number of anilines is 1. The molecule has 0 aliphatic carbocycles. The van der Waals surface area contributed by atoms with E-state index < -0.39 is 0 Å². The van der Waals surface area contributed by atoms with Crippen LogP contribution in [0.1, 0.15) is 23.5 Å². The van der Waals surface area contributed by atoms with Crippen LogP contribution in [-0.2, 0) is 4.79 Å². The molecule has 1 unspecified atom stereocenters. The van der Waals surface area contributed by atoms with E-state index in [0.29, 0.717) is 13.0 Å². The van der Waals surface area contributed by atoms with E-state index in [1.54, 1.807) is 0 Å². The van der Waals surface area contributed by atoms with Crippen molar-refractivity contribution in [3.8, 4) is 5.75 Å². The molecule has 0 saturated heterocycles. The summed E-state index contributed by atoms with van der Waals surface area (Å²) in [4.78, 5) is 12.6. The van der Waals surface area contributed by atoms with E-state index in [2.05, 4.69) is 21.2 Å². The zero-order valence-corrected chi connectivity index (χ0v) is 13.3. The Hall–Kier alpha value is -1.81. The van der Waals surface area contributed by atoms with Gasteiger partial charge in [-0.1, -0.05) is 24.3 Å².